The molecule has 1 fully saturated rings. The van der Waals surface area contributed by atoms with Crippen LogP contribution in [0.3, 0.4) is 0 Å². The molecule has 0 saturated carbocycles. The van der Waals surface area contributed by atoms with E-state index in [0.717, 1.165) is 18.4 Å². The molecule has 1 aromatic heterocycles. The summed E-state index contributed by atoms with van der Waals surface area (Å²) in [7, 11) is -0.276. The Balaban J connectivity index is 1.79. The summed E-state index contributed by atoms with van der Waals surface area (Å²) in [5.74, 6) is 0.583. The lowest BCUT2D eigenvalue weighted by molar-refractivity contribution is 0.170. The number of urea groups is 1. The second-order valence-corrected chi connectivity index (χ2v) is 8.10. The molecule has 2 heterocycles. The topological polar surface area (TPSA) is 101 Å². The molecular formula is C16H26N4O4S. The van der Waals surface area contributed by atoms with Crippen molar-refractivity contribution in [3.8, 4) is 5.88 Å². The molecule has 1 atom stereocenters. The molecule has 0 radical (unpaired) electrons. The Bertz CT molecular complexity index is 680. The molecule has 0 aromatic carbocycles. The molecule has 8 nitrogen and oxygen atoms in total. The van der Waals surface area contributed by atoms with E-state index in [2.05, 4.69) is 15.0 Å². The van der Waals surface area contributed by atoms with Gasteiger partial charge in [0.2, 0.25) is 15.9 Å². The first-order valence-electron chi connectivity index (χ1n) is 8.36. The summed E-state index contributed by atoms with van der Waals surface area (Å²) in [5.41, 5.74) is 1.03. The van der Waals surface area contributed by atoms with Gasteiger partial charge in [-0.2, -0.15) is 0 Å². The fourth-order valence-corrected chi connectivity index (χ4v) is 3.98. The number of amides is 2. The van der Waals surface area contributed by atoms with Crippen LogP contribution in [-0.2, 0) is 16.4 Å². The van der Waals surface area contributed by atoms with Gasteiger partial charge < -0.3 is 15.0 Å². The number of hydrogen-bond acceptors (Lipinski definition) is 5. The molecule has 2 amide bonds. The molecular weight excluding hydrogens is 344 g/mol. The number of rotatable bonds is 7. The molecule has 140 valence electrons. The zero-order chi connectivity index (χ0) is 18.3. The fraction of sp³-hybridized carbons (Fsp3) is 0.625. The van der Waals surface area contributed by atoms with Crippen molar-refractivity contribution in [1.82, 2.24) is 19.9 Å². The van der Waals surface area contributed by atoms with E-state index in [9.17, 15) is 13.2 Å². The molecule has 1 unspecified atom stereocenters. The Morgan fingerprint density at radius 1 is 1.48 bits per heavy atom. The number of likely N-dealkylation sites (tertiary alicyclic amines) is 1. The number of nitrogens with one attached hydrogen (secondary N) is 2. The van der Waals surface area contributed by atoms with Gasteiger partial charge in [-0.05, 0) is 43.9 Å². The number of aromatic nitrogens is 1. The molecule has 9 heteroatoms. The summed E-state index contributed by atoms with van der Waals surface area (Å²) in [4.78, 5) is 18.1. The van der Waals surface area contributed by atoms with E-state index in [1.165, 1.54) is 7.05 Å². The van der Waals surface area contributed by atoms with E-state index in [1.54, 1.807) is 18.2 Å². The van der Waals surface area contributed by atoms with Crippen molar-refractivity contribution in [1.29, 1.82) is 0 Å². The van der Waals surface area contributed by atoms with Gasteiger partial charge in [-0.3, -0.25) is 0 Å². The number of carbonyl (C=O) groups is 1. The highest BCUT2D eigenvalue weighted by atomic mass is 32.2. The van der Waals surface area contributed by atoms with Crippen LogP contribution < -0.4 is 14.8 Å². The molecule has 1 aliphatic rings. The maximum Gasteiger partial charge on any atom is 0.317 e. The Morgan fingerprint density at radius 3 is 3.00 bits per heavy atom. The maximum atomic E-state index is 12.3. The van der Waals surface area contributed by atoms with Crippen LogP contribution in [0.4, 0.5) is 4.79 Å². The van der Waals surface area contributed by atoms with Gasteiger partial charge in [-0.15, -0.1) is 0 Å². The van der Waals surface area contributed by atoms with Gasteiger partial charge in [0.1, 0.15) is 0 Å². The minimum absolute atomic E-state index is 0.0265. The van der Waals surface area contributed by atoms with Crippen LogP contribution in [0.5, 0.6) is 5.88 Å². The number of carbonyl (C=O) groups excluding carboxylic acids is 1. The molecule has 0 spiro atoms. The zero-order valence-corrected chi connectivity index (χ0v) is 15.5. The number of nitrogens with zero attached hydrogens (tertiary/aromatic N) is 2. The van der Waals surface area contributed by atoms with Gasteiger partial charge in [0.15, 0.2) is 0 Å². The quantitative estimate of drug-likeness (QED) is 0.732. The first kappa shape index (κ1) is 19.5. The van der Waals surface area contributed by atoms with Gasteiger partial charge in [0.05, 0.1) is 12.9 Å². The molecule has 0 bridgehead atoms. The number of piperidine rings is 1. The predicted molar refractivity (Wildman–Crippen MR) is 95.0 cm³/mol. The van der Waals surface area contributed by atoms with Crippen molar-refractivity contribution in [2.75, 3.05) is 39.5 Å². The van der Waals surface area contributed by atoms with E-state index in [4.69, 9.17) is 4.74 Å². The van der Waals surface area contributed by atoms with Crippen molar-refractivity contribution in [2.45, 2.75) is 19.3 Å². The Hall–Kier alpha value is -1.87. The average Bonchev–Trinajstić information content (AvgIpc) is 2.61. The second-order valence-electron chi connectivity index (χ2n) is 6.13. The van der Waals surface area contributed by atoms with Gasteiger partial charge in [0.25, 0.3) is 0 Å². The van der Waals surface area contributed by atoms with Crippen LogP contribution in [0.2, 0.25) is 0 Å². The van der Waals surface area contributed by atoms with Crippen molar-refractivity contribution in [2.24, 2.45) is 5.92 Å². The summed E-state index contributed by atoms with van der Waals surface area (Å²) in [5, 5.41) is 2.90. The molecule has 2 rings (SSSR count). The maximum absolute atomic E-state index is 12.3. The monoisotopic (exact) mass is 370 g/mol. The van der Waals surface area contributed by atoms with Crippen molar-refractivity contribution in [3.63, 3.8) is 0 Å². The minimum Gasteiger partial charge on any atom is -0.481 e. The third kappa shape index (κ3) is 6.17. The number of sulfonamides is 1. The number of hydrogen-bond donors (Lipinski definition) is 2. The molecule has 25 heavy (non-hydrogen) atoms. The minimum atomic E-state index is -3.25. The van der Waals surface area contributed by atoms with Crippen LogP contribution in [0.25, 0.3) is 0 Å². The Kier molecular flexibility index (Phi) is 7.01. The standard InChI is InChI=1S/C16H26N4O4S/c1-17-25(22,23)12-14-4-3-9-20(11-14)16(21)19-8-6-13-5-7-18-15(10-13)24-2/h5,7,10,14,17H,3-4,6,8-9,11-12H2,1-2H3,(H,19,21). The number of methoxy groups -OCH3 is 1. The summed E-state index contributed by atoms with van der Waals surface area (Å²) in [6, 6.07) is 3.58. The SMILES string of the molecule is CNS(=O)(=O)CC1CCCN(C(=O)NCCc2ccnc(OC)c2)C1. The molecule has 1 aromatic rings. The van der Waals surface area contributed by atoms with Crippen LogP contribution in [0, 0.1) is 5.92 Å². The first-order valence-corrected chi connectivity index (χ1v) is 10.0. The smallest absolute Gasteiger partial charge is 0.317 e. The van der Waals surface area contributed by atoms with Crippen molar-refractivity contribution >= 4 is 16.1 Å². The van der Waals surface area contributed by atoms with E-state index >= 15 is 0 Å². The number of pyridine rings is 1. The van der Waals surface area contributed by atoms with Crippen LogP contribution in [-0.4, -0.2) is 63.9 Å². The molecule has 1 saturated heterocycles. The third-order valence-corrected chi connectivity index (χ3v) is 5.80. The van der Waals surface area contributed by atoms with E-state index in [1.807, 2.05) is 12.1 Å². The van der Waals surface area contributed by atoms with Crippen LogP contribution in [0.1, 0.15) is 18.4 Å². The molecule has 2 N–H and O–H groups in total. The van der Waals surface area contributed by atoms with Crippen molar-refractivity contribution in [3.05, 3.63) is 23.9 Å². The summed E-state index contributed by atoms with van der Waals surface area (Å²) < 4.78 is 30.8. The van der Waals surface area contributed by atoms with Gasteiger partial charge >= 0.3 is 6.03 Å². The van der Waals surface area contributed by atoms with Crippen LogP contribution >= 0.6 is 0 Å². The highest BCUT2D eigenvalue weighted by molar-refractivity contribution is 7.89. The first-order chi connectivity index (χ1) is 11.9. The van der Waals surface area contributed by atoms with Crippen molar-refractivity contribution < 1.29 is 17.9 Å². The molecule has 0 aliphatic carbocycles. The summed E-state index contributed by atoms with van der Waals surface area (Å²) in [6.07, 6.45) is 3.99. The third-order valence-electron chi connectivity index (χ3n) is 4.27. The Labute approximate surface area is 149 Å². The average molecular weight is 370 g/mol. The lowest BCUT2D eigenvalue weighted by Crippen LogP contribution is -2.47. The lowest BCUT2D eigenvalue weighted by Gasteiger charge is -2.32. The van der Waals surface area contributed by atoms with Crippen LogP contribution in [0.15, 0.2) is 18.3 Å². The van der Waals surface area contributed by atoms with Gasteiger partial charge in [-0.25, -0.2) is 22.9 Å². The van der Waals surface area contributed by atoms with E-state index in [0.29, 0.717) is 31.9 Å². The fourth-order valence-electron chi connectivity index (χ4n) is 2.92. The number of ether oxygens (including phenoxy) is 1. The summed E-state index contributed by atoms with van der Waals surface area (Å²) in [6.45, 7) is 1.63. The highest BCUT2D eigenvalue weighted by Gasteiger charge is 2.26. The lowest BCUT2D eigenvalue weighted by atomic mass is 10.0. The van der Waals surface area contributed by atoms with E-state index in [-0.39, 0.29) is 17.7 Å². The Morgan fingerprint density at radius 2 is 2.28 bits per heavy atom. The second kappa shape index (κ2) is 9.00. The largest absolute Gasteiger partial charge is 0.481 e. The zero-order valence-electron chi connectivity index (χ0n) is 14.7. The normalized spacial score (nSPS) is 18.0. The van der Waals surface area contributed by atoms with Gasteiger partial charge in [-0.1, -0.05) is 0 Å². The highest BCUT2D eigenvalue weighted by Crippen LogP contribution is 2.18. The predicted octanol–water partition coefficient (Wildman–Crippen LogP) is 0.604. The van der Waals surface area contributed by atoms with E-state index < -0.39 is 10.0 Å². The van der Waals surface area contributed by atoms with Gasteiger partial charge in [0, 0.05) is 31.9 Å². The molecule has 1 aliphatic heterocycles. The summed E-state index contributed by atoms with van der Waals surface area (Å²) >= 11 is 0.